The van der Waals surface area contributed by atoms with Gasteiger partial charge in [0.15, 0.2) is 5.58 Å². The van der Waals surface area contributed by atoms with E-state index < -0.39 is 0 Å². The number of para-hydroxylation sites is 2. The van der Waals surface area contributed by atoms with Crippen LogP contribution >= 0.6 is 0 Å². The van der Waals surface area contributed by atoms with Crippen LogP contribution < -0.4 is 5.76 Å². The van der Waals surface area contributed by atoms with Gasteiger partial charge in [-0.15, -0.1) is 0 Å². The second-order valence-corrected chi connectivity index (χ2v) is 5.81. The molecular weight excluding hydrogens is 268 g/mol. The molecule has 0 saturated carbocycles. The topological polar surface area (TPSA) is 58.6 Å². The first-order valence-electron chi connectivity index (χ1n) is 7.69. The highest BCUT2D eigenvalue weighted by molar-refractivity contribution is 5.72. The van der Waals surface area contributed by atoms with Crippen molar-refractivity contribution in [3.8, 4) is 0 Å². The zero-order valence-corrected chi connectivity index (χ0v) is 12.2. The summed E-state index contributed by atoms with van der Waals surface area (Å²) in [6.07, 6.45) is 3.25. The van der Waals surface area contributed by atoms with E-state index in [1.54, 1.807) is 4.57 Å². The van der Waals surface area contributed by atoms with Gasteiger partial charge in [-0.25, -0.2) is 4.79 Å². The molecule has 21 heavy (non-hydrogen) atoms. The molecule has 1 fully saturated rings. The second-order valence-electron chi connectivity index (χ2n) is 5.81. The van der Waals surface area contributed by atoms with E-state index in [0.29, 0.717) is 18.0 Å². The maximum atomic E-state index is 11.9. The van der Waals surface area contributed by atoms with Crippen LogP contribution in [0, 0.1) is 5.92 Å². The van der Waals surface area contributed by atoms with E-state index in [0.717, 1.165) is 31.6 Å². The van der Waals surface area contributed by atoms with Gasteiger partial charge in [0.25, 0.3) is 0 Å². The minimum absolute atomic E-state index is 0.268. The second kappa shape index (κ2) is 6.45. The van der Waals surface area contributed by atoms with Gasteiger partial charge in [0.2, 0.25) is 0 Å². The van der Waals surface area contributed by atoms with E-state index >= 15 is 0 Å². The predicted octanol–water partition coefficient (Wildman–Crippen LogP) is 1.69. The minimum Gasteiger partial charge on any atom is -0.408 e. The highest BCUT2D eigenvalue weighted by atomic mass is 16.4. The highest BCUT2D eigenvalue weighted by Crippen LogP contribution is 2.19. The van der Waals surface area contributed by atoms with Crippen LogP contribution in [-0.2, 0) is 6.54 Å². The van der Waals surface area contributed by atoms with Crippen molar-refractivity contribution in [2.24, 2.45) is 5.92 Å². The monoisotopic (exact) mass is 290 g/mol. The summed E-state index contributed by atoms with van der Waals surface area (Å²) in [6, 6.07) is 7.54. The lowest BCUT2D eigenvalue weighted by atomic mass is 9.95. The summed E-state index contributed by atoms with van der Waals surface area (Å²) in [5.74, 6) is 0.307. The molecule has 0 spiro atoms. The molecule has 1 aliphatic rings. The van der Waals surface area contributed by atoms with Crippen molar-refractivity contribution in [1.29, 1.82) is 0 Å². The van der Waals surface area contributed by atoms with Gasteiger partial charge in [-0.3, -0.25) is 4.57 Å². The predicted molar refractivity (Wildman–Crippen MR) is 81.3 cm³/mol. The number of aromatic nitrogens is 1. The van der Waals surface area contributed by atoms with Crippen molar-refractivity contribution >= 4 is 11.1 Å². The molecule has 1 aromatic carbocycles. The number of hydrogen-bond acceptors (Lipinski definition) is 4. The van der Waals surface area contributed by atoms with Crippen LogP contribution in [0.25, 0.3) is 11.1 Å². The average Bonchev–Trinajstić information content (AvgIpc) is 2.81. The summed E-state index contributed by atoms with van der Waals surface area (Å²) in [6.45, 7) is 3.87. The Morgan fingerprint density at radius 2 is 2.14 bits per heavy atom. The zero-order chi connectivity index (χ0) is 14.7. The fraction of sp³-hybridized carbons (Fsp3) is 0.562. The minimum atomic E-state index is -0.278. The molecule has 1 aromatic heterocycles. The number of fused-ring (bicyclic) bond motifs is 1. The van der Waals surface area contributed by atoms with E-state index in [-0.39, 0.29) is 12.4 Å². The molecule has 0 bridgehead atoms. The molecule has 2 heterocycles. The Kier molecular flexibility index (Phi) is 4.41. The number of nitrogens with zero attached hydrogens (tertiary/aromatic N) is 2. The molecule has 1 saturated heterocycles. The molecule has 1 unspecified atom stereocenters. The summed E-state index contributed by atoms with van der Waals surface area (Å²) in [7, 11) is 0. The summed E-state index contributed by atoms with van der Waals surface area (Å²) in [4.78, 5) is 14.3. The number of piperidine rings is 1. The molecule has 5 nitrogen and oxygen atoms in total. The molecular formula is C16H22N2O3. The molecule has 1 atom stereocenters. The maximum Gasteiger partial charge on any atom is 0.419 e. The Labute approximate surface area is 123 Å². The van der Waals surface area contributed by atoms with Crippen molar-refractivity contribution in [2.45, 2.75) is 25.8 Å². The Morgan fingerprint density at radius 3 is 3.00 bits per heavy atom. The molecule has 0 radical (unpaired) electrons. The molecule has 0 aliphatic carbocycles. The Hall–Kier alpha value is -1.59. The number of aliphatic hydroxyl groups is 1. The van der Waals surface area contributed by atoms with Crippen molar-refractivity contribution in [3.63, 3.8) is 0 Å². The van der Waals surface area contributed by atoms with E-state index in [2.05, 4.69) is 4.90 Å². The largest absolute Gasteiger partial charge is 0.419 e. The van der Waals surface area contributed by atoms with Crippen LogP contribution in [0.4, 0.5) is 0 Å². The highest BCUT2D eigenvalue weighted by Gasteiger charge is 2.19. The fourth-order valence-electron chi connectivity index (χ4n) is 3.24. The van der Waals surface area contributed by atoms with Gasteiger partial charge in [0, 0.05) is 26.2 Å². The number of benzene rings is 1. The van der Waals surface area contributed by atoms with Gasteiger partial charge in [-0.1, -0.05) is 12.1 Å². The van der Waals surface area contributed by atoms with Crippen molar-refractivity contribution in [2.75, 3.05) is 26.2 Å². The average molecular weight is 290 g/mol. The first kappa shape index (κ1) is 14.4. The third-order valence-corrected chi connectivity index (χ3v) is 4.35. The molecule has 5 heteroatoms. The Balaban J connectivity index is 1.66. The van der Waals surface area contributed by atoms with E-state index in [4.69, 9.17) is 9.52 Å². The molecule has 114 valence electrons. The van der Waals surface area contributed by atoms with E-state index in [1.165, 1.54) is 12.8 Å². The number of rotatable bonds is 5. The molecule has 1 aliphatic heterocycles. The van der Waals surface area contributed by atoms with E-state index in [1.807, 2.05) is 24.3 Å². The van der Waals surface area contributed by atoms with Gasteiger partial charge >= 0.3 is 5.76 Å². The van der Waals surface area contributed by atoms with Crippen molar-refractivity contribution < 1.29 is 9.52 Å². The summed E-state index contributed by atoms with van der Waals surface area (Å²) in [5, 5.41) is 9.06. The van der Waals surface area contributed by atoms with Gasteiger partial charge in [-0.2, -0.15) is 0 Å². The van der Waals surface area contributed by atoms with Gasteiger partial charge in [0.05, 0.1) is 5.52 Å². The van der Waals surface area contributed by atoms with E-state index in [9.17, 15) is 4.79 Å². The smallest absolute Gasteiger partial charge is 0.408 e. The molecule has 0 amide bonds. The lowest BCUT2D eigenvalue weighted by molar-refractivity contribution is 0.144. The van der Waals surface area contributed by atoms with Crippen LogP contribution in [0.3, 0.4) is 0 Å². The fourth-order valence-corrected chi connectivity index (χ4v) is 3.24. The first-order chi connectivity index (χ1) is 10.3. The Morgan fingerprint density at radius 1 is 1.29 bits per heavy atom. The lowest BCUT2D eigenvalue weighted by Crippen LogP contribution is -2.38. The van der Waals surface area contributed by atoms with Crippen LogP contribution in [0.15, 0.2) is 33.5 Å². The number of likely N-dealkylation sites (tertiary alicyclic amines) is 1. The van der Waals surface area contributed by atoms with Crippen LogP contribution in [-0.4, -0.2) is 40.8 Å². The van der Waals surface area contributed by atoms with Gasteiger partial charge < -0.3 is 14.4 Å². The third kappa shape index (κ3) is 3.19. The van der Waals surface area contributed by atoms with Crippen LogP contribution in [0.2, 0.25) is 0 Å². The molecule has 3 rings (SSSR count). The quantitative estimate of drug-likeness (QED) is 0.910. The summed E-state index contributed by atoms with van der Waals surface area (Å²) in [5.41, 5.74) is 1.52. The lowest BCUT2D eigenvalue weighted by Gasteiger charge is -2.32. The summed E-state index contributed by atoms with van der Waals surface area (Å²) < 4.78 is 6.97. The number of hydrogen-bond donors (Lipinski definition) is 1. The molecule has 1 N–H and O–H groups in total. The third-order valence-electron chi connectivity index (χ3n) is 4.35. The first-order valence-corrected chi connectivity index (χ1v) is 7.69. The van der Waals surface area contributed by atoms with Crippen LogP contribution in [0.1, 0.15) is 19.3 Å². The van der Waals surface area contributed by atoms with Crippen molar-refractivity contribution in [1.82, 2.24) is 9.47 Å². The zero-order valence-electron chi connectivity index (χ0n) is 12.2. The standard InChI is InChI=1S/C16H22N2O3/c19-11-7-13-4-3-8-17(12-13)9-10-18-14-5-1-2-6-15(14)21-16(18)20/h1-2,5-6,13,19H,3-4,7-12H2. The Bertz CT molecular complexity index is 644. The molecule has 2 aromatic rings. The number of aliphatic hydroxyl groups excluding tert-OH is 1. The van der Waals surface area contributed by atoms with Gasteiger partial charge in [-0.05, 0) is 43.9 Å². The number of oxazole rings is 1. The maximum absolute atomic E-state index is 11.9. The van der Waals surface area contributed by atoms with Crippen LogP contribution in [0.5, 0.6) is 0 Å². The normalized spacial score (nSPS) is 20.1. The van der Waals surface area contributed by atoms with Gasteiger partial charge in [0.1, 0.15) is 0 Å². The van der Waals surface area contributed by atoms with Crippen molar-refractivity contribution in [3.05, 3.63) is 34.8 Å². The summed E-state index contributed by atoms with van der Waals surface area (Å²) >= 11 is 0. The SMILES string of the molecule is O=c1oc2ccccc2n1CCN1CCCC(CCO)C1.